The molecule has 4 N–H and O–H groups in total. The van der Waals surface area contributed by atoms with Crippen LogP contribution in [0.2, 0.25) is 0 Å². The van der Waals surface area contributed by atoms with E-state index in [0.29, 0.717) is 5.69 Å². The standard InChI is InChI=1S/C13H12N4O4/c1-8(18)16-13(21)17-12(20)9(6-14)7-15-10-2-4-11(19)5-3-10/h2-5,7,15,19H,1H3,(H2,16,17,18,20,21)/b9-7+. The maximum absolute atomic E-state index is 11.6. The molecule has 0 heterocycles. The molecule has 0 saturated heterocycles. The zero-order valence-electron chi connectivity index (χ0n) is 11.0. The second-order valence-electron chi connectivity index (χ2n) is 3.83. The van der Waals surface area contributed by atoms with Crippen LogP contribution < -0.4 is 16.0 Å². The van der Waals surface area contributed by atoms with Crippen LogP contribution >= 0.6 is 0 Å². The zero-order chi connectivity index (χ0) is 15.8. The van der Waals surface area contributed by atoms with Crippen LogP contribution in [-0.4, -0.2) is 23.0 Å². The lowest BCUT2D eigenvalue weighted by Crippen LogP contribution is -2.42. The van der Waals surface area contributed by atoms with Crippen molar-refractivity contribution < 1.29 is 19.5 Å². The van der Waals surface area contributed by atoms with Crippen molar-refractivity contribution in [3.63, 3.8) is 0 Å². The fourth-order valence-corrected chi connectivity index (χ4v) is 1.22. The number of nitrogens with zero attached hydrogens (tertiary/aromatic N) is 1. The van der Waals surface area contributed by atoms with Crippen molar-refractivity contribution >= 4 is 23.5 Å². The molecule has 0 aliphatic rings. The van der Waals surface area contributed by atoms with E-state index in [2.05, 4.69) is 5.32 Å². The number of benzene rings is 1. The summed E-state index contributed by atoms with van der Waals surface area (Å²) in [6.45, 7) is 1.11. The highest BCUT2D eigenvalue weighted by molar-refractivity contribution is 6.09. The van der Waals surface area contributed by atoms with Crippen molar-refractivity contribution in [2.45, 2.75) is 6.92 Å². The summed E-state index contributed by atoms with van der Waals surface area (Å²) >= 11 is 0. The lowest BCUT2D eigenvalue weighted by Gasteiger charge is -2.04. The maximum Gasteiger partial charge on any atom is 0.328 e. The highest BCUT2D eigenvalue weighted by Gasteiger charge is 2.13. The quantitative estimate of drug-likeness (QED) is 0.365. The van der Waals surface area contributed by atoms with E-state index in [1.54, 1.807) is 6.07 Å². The van der Waals surface area contributed by atoms with E-state index in [1.165, 1.54) is 24.3 Å². The first kappa shape index (κ1) is 15.7. The molecule has 1 aromatic carbocycles. The molecule has 4 amide bonds. The first-order valence-electron chi connectivity index (χ1n) is 5.71. The summed E-state index contributed by atoms with van der Waals surface area (Å²) in [4.78, 5) is 33.4. The molecule has 0 fully saturated rings. The number of imide groups is 2. The minimum absolute atomic E-state index is 0.0729. The molecule has 0 unspecified atom stereocenters. The summed E-state index contributed by atoms with van der Waals surface area (Å²) in [5.74, 6) is -1.52. The number of aromatic hydroxyl groups is 1. The van der Waals surface area contributed by atoms with Gasteiger partial charge >= 0.3 is 6.03 Å². The van der Waals surface area contributed by atoms with Crippen LogP contribution in [0.15, 0.2) is 36.0 Å². The normalized spacial score (nSPS) is 10.2. The predicted octanol–water partition coefficient (Wildman–Crippen LogP) is 0.584. The fraction of sp³-hybridized carbons (Fsp3) is 0.0769. The first-order chi connectivity index (χ1) is 9.92. The van der Waals surface area contributed by atoms with Gasteiger partial charge in [0.05, 0.1) is 0 Å². The van der Waals surface area contributed by atoms with Crippen LogP contribution in [0.3, 0.4) is 0 Å². The lowest BCUT2D eigenvalue weighted by molar-refractivity contribution is -0.118. The SMILES string of the molecule is CC(=O)NC(=O)NC(=O)/C(C#N)=C/Nc1ccc(O)cc1. The van der Waals surface area contributed by atoms with E-state index in [9.17, 15) is 14.4 Å². The molecule has 0 aliphatic carbocycles. The highest BCUT2D eigenvalue weighted by Crippen LogP contribution is 2.13. The van der Waals surface area contributed by atoms with E-state index in [4.69, 9.17) is 10.4 Å². The third kappa shape index (κ3) is 5.44. The molecule has 1 aromatic rings. The molecular formula is C13H12N4O4. The number of hydrogen-bond donors (Lipinski definition) is 4. The Labute approximate surface area is 120 Å². The van der Waals surface area contributed by atoms with Gasteiger partial charge in [0.1, 0.15) is 17.4 Å². The Balaban J connectivity index is 2.69. The van der Waals surface area contributed by atoms with Crippen LogP contribution in [0, 0.1) is 11.3 Å². The van der Waals surface area contributed by atoms with Gasteiger partial charge in [-0.2, -0.15) is 5.26 Å². The van der Waals surface area contributed by atoms with Gasteiger partial charge in [0.25, 0.3) is 5.91 Å². The van der Waals surface area contributed by atoms with Gasteiger partial charge in [-0.1, -0.05) is 0 Å². The van der Waals surface area contributed by atoms with Crippen molar-refractivity contribution in [2.75, 3.05) is 5.32 Å². The number of urea groups is 1. The van der Waals surface area contributed by atoms with Crippen molar-refractivity contribution in [1.82, 2.24) is 10.6 Å². The van der Waals surface area contributed by atoms with Gasteiger partial charge in [-0.15, -0.1) is 0 Å². The number of phenols is 1. The Kier molecular flexibility index (Phi) is 5.46. The number of rotatable bonds is 3. The van der Waals surface area contributed by atoms with E-state index in [-0.39, 0.29) is 11.3 Å². The van der Waals surface area contributed by atoms with Crippen molar-refractivity contribution in [1.29, 1.82) is 5.26 Å². The Morgan fingerprint density at radius 3 is 2.33 bits per heavy atom. The van der Waals surface area contributed by atoms with E-state index >= 15 is 0 Å². The van der Waals surface area contributed by atoms with Crippen LogP contribution in [-0.2, 0) is 9.59 Å². The smallest absolute Gasteiger partial charge is 0.328 e. The number of phenolic OH excluding ortho intramolecular Hbond substituents is 1. The second-order valence-corrected chi connectivity index (χ2v) is 3.83. The van der Waals surface area contributed by atoms with Gasteiger partial charge in [-0.3, -0.25) is 20.2 Å². The predicted molar refractivity (Wildman–Crippen MR) is 72.8 cm³/mol. The largest absolute Gasteiger partial charge is 0.508 e. The Hall–Kier alpha value is -3.34. The third-order valence-corrected chi connectivity index (χ3v) is 2.13. The number of hydrogen-bond acceptors (Lipinski definition) is 6. The summed E-state index contributed by atoms with van der Waals surface area (Å²) in [5, 5.41) is 24.3. The Morgan fingerprint density at radius 1 is 1.19 bits per heavy atom. The molecule has 0 radical (unpaired) electrons. The number of carbonyl (C=O) groups is 3. The minimum Gasteiger partial charge on any atom is -0.508 e. The Bertz CT molecular complexity index is 629. The molecule has 0 atom stereocenters. The monoisotopic (exact) mass is 288 g/mol. The lowest BCUT2D eigenvalue weighted by atomic mass is 10.2. The van der Waals surface area contributed by atoms with Gasteiger partial charge in [0, 0.05) is 18.8 Å². The molecule has 0 aliphatic heterocycles. The van der Waals surface area contributed by atoms with Crippen molar-refractivity contribution in [3.05, 3.63) is 36.0 Å². The molecule has 0 saturated carbocycles. The van der Waals surface area contributed by atoms with Gasteiger partial charge in [-0.25, -0.2) is 4.79 Å². The summed E-state index contributed by atoms with van der Waals surface area (Å²) < 4.78 is 0. The molecule has 8 nitrogen and oxygen atoms in total. The molecule has 1 rings (SSSR count). The topological polar surface area (TPSA) is 131 Å². The van der Waals surface area contributed by atoms with Gasteiger partial charge in [0.15, 0.2) is 0 Å². The Morgan fingerprint density at radius 2 is 1.81 bits per heavy atom. The van der Waals surface area contributed by atoms with E-state index in [1.807, 2.05) is 10.6 Å². The summed E-state index contributed by atoms with van der Waals surface area (Å²) in [5.41, 5.74) is 0.170. The van der Waals surface area contributed by atoms with E-state index in [0.717, 1.165) is 13.1 Å². The van der Waals surface area contributed by atoms with Gasteiger partial charge < -0.3 is 10.4 Å². The summed E-state index contributed by atoms with van der Waals surface area (Å²) in [6.07, 6.45) is 1.10. The van der Waals surface area contributed by atoms with Crippen molar-refractivity contribution in [3.8, 4) is 11.8 Å². The molecule has 0 bridgehead atoms. The second kappa shape index (κ2) is 7.30. The molecule has 0 aromatic heterocycles. The fourth-order valence-electron chi connectivity index (χ4n) is 1.22. The van der Waals surface area contributed by atoms with Crippen LogP contribution in [0.4, 0.5) is 10.5 Å². The maximum atomic E-state index is 11.6. The molecule has 108 valence electrons. The highest BCUT2D eigenvalue weighted by atomic mass is 16.3. The third-order valence-electron chi connectivity index (χ3n) is 2.13. The van der Waals surface area contributed by atoms with Gasteiger partial charge in [-0.05, 0) is 24.3 Å². The van der Waals surface area contributed by atoms with Crippen LogP contribution in [0.5, 0.6) is 5.75 Å². The molecule has 21 heavy (non-hydrogen) atoms. The number of carbonyl (C=O) groups excluding carboxylic acids is 3. The number of nitriles is 1. The zero-order valence-corrected chi connectivity index (χ0v) is 11.0. The molecule has 8 heteroatoms. The number of nitrogens with one attached hydrogen (secondary N) is 3. The van der Waals surface area contributed by atoms with Crippen molar-refractivity contribution in [2.24, 2.45) is 0 Å². The summed E-state index contributed by atoms with van der Waals surface area (Å²) in [6, 6.07) is 6.50. The number of amides is 4. The number of anilines is 1. The summed E-state index contributed by atoms with van der Waals surface area (Å²) in [7, 11) is 0. The van der Waals surface area contributed by atoms with Crippen LogP contribution in [0.25, 0.3) is 0 Å². The average Bonchev–Trinajstić information content (AvgIpc) is 2.40. The molecule has 0 spiro atoms. The molecular weight excluding hydrogens is 276 g/mol. The average molecular weight is 288 g/mol. The van der Waals surface area contributed by atoms with Gasteiger partial charge in [0.2, 0.25) is 5.91 Å². The van der Waals surface area contributed by atoms with E-state index < -0.39 is 17.8 Å². The minimum atomic E-state index is -1.02. The first-order valence-corrected chi connectivity index (χ1v) is 5.71. The van der Waals surface area contributed by atoms with Crippen LogP contribution in [0.1, 0.15) is 6.92 Å².